The summed E-state index contributed by atoms with van der Waals surface area (Å²) in [5.74, 6) is 0. The lowest BCUT2D eigenvalue weighted by atomic mass is 10.2. The zero-order valence-electron chi connectivity index (χ0n) is 10.6. The summed E-state index contributed by atoms with van der Waals surface area (Å²) in [6.45, 7) is 8.56. The van der Waals surface area contributed by atoms with Gasteiger partial charge in [0, 0.05) is 19.1 Å². The fraction of sp³-hybridized carbons (Fsp3) is 1.00. The molecule has 1 fully saturated rings. The van der Waals surface area contributed by atoms with Crippen molar-refractivity contribution >= 4 is 0 Å². The molecule has 90 valence electrons. The van der Waals surface area contributed by atoms with Crippen LogP contribution in [0.1, 0.15) is 26.2 Å². The summed E-state index contributed by atoms with van der Waals surface area (Å²) in [4.78, 5) is 5.03. The lowest BCUT2D eigenvalue weighted by Gasteiger charge is -2.22. The maximum Gasteiger partial charge on any atom is 0.0109 e. The number of hydrogen-bond acceptors (Lipinski definition) is 3. The van der Waals surface area contributed by atoms with Crippen LogP contribution in [-0.4, -0.2) is 62.7 Å². The Labute approximate surface area is 94.8 Å². The van der Waals surface area contributed by atoms with Crippen LogP contribution in [0.25, 0.3) is 0 Å². The van der Waals surface area contributed by atoms with Crippen LogP contribution in [0.15, 0.2) is 0 Å². The first-order valence-corrected chi connectivity index (χ1v) is 6.30. The van der Waals surface area contributed by atoms with Crippen molar-refractivity contribution < 1.29 is 0 Å². The molecule has 1 aliphatic rings. The zero-order valence-corrected chi connectivity index (χ0v) is 10.6. The fourth-order valence-electron chi connectivity index (χ4n) is 1.99. The van der Waals surface area contributed by atoms with Gasteiger partial charge in [0.15, 0.2) is 0 Å². The molecule has 1 unspecified atom stereocenters. The Bertz CT molecular complexity index is 155. The highest BCUT2D eigenvalue weighted by Gasteiger charge is 2.11. The normalized spacial score (nSPS) is 20.0. The molecule has 0 aromatic carbocycles. The Balaban J connectivity index is 1.99. The summed E-state index contributed by atoms with van der Waals surface area (Å²) in [5, 5.41) is 3.28. The first-order valence-electron chi connectivity index (χ1n) is 6.30. The third kappa shape index (κ3) is 5.50. The number of likely N-dealkylation sites (N-methyl/N-ethyl adjacent to an activating group) is 1. The molecule has 0 aromatic heterocycles. The van der Waals surface area contributed by atoms with Gasteiger partial charge in [-0.25, -0.2) is 0 Å². The minimum atomic E-state index is 0.638. The summed E-state index contributed by atoms with van der Waals surface area (Å²) in [6.07, 6.45) is 4.05. The molecule has 15 heavy (non-hydrogen) atoms. The molecular formula is C12H27N3. The van der Waals surface area contributed by atoms with E-state index in [9.17, 15) is 0 Å². The standard InChI is InChI=1S/C12H27N3/c1-12(13-2)6-9-14(3)10-11-15-7-4-5-8-15/h12-13H,4-11H2,1-3H3. The molecule has 1 atom stereocenters. The molecule has 0 aliphatic carbocycles. The van der Waals surface area contributed by atoms with Crippen molar-refractivity contribution in [2.45, 2.75) is 32.2 Å². The minimum absolute atomic E-state index is 0.638. The van der Waals surface area contributed by atoms with Gasteiger partial charge in [-0.1, -0.05) is 0 Å². The second-order valence-corrected chi connectivity index (χ2v) is 4.83. The Morgan fingerprint density at radius 3 is 2.53 bits per heavy atom. The van der Waals surface area contributed by atoms with Crippen molar-refractivity contribution in [2.75, 3.05) is 46.8 Å². The number of hydrogen-bond donors (Lipinski definition) is 1. The first-order chi connectivity index (χ1) is 7.22. The molecule has 0 aromatic rings. The molecule has 0 amide bonds. The number of nitrogens with zero attached hydrogens (tertiary/aromatic N) is 2. The largest absolute Gasteiger partial charge is 0.317 e. The third-order valence-corrected chi connectivity index (χ3v) is 3.43. The topological polar surface area (TPSA) is 18.5 Å². The highest BCUT2D eigenvalue weighted by molar-refractivity contribution is 4.68. The van der Waals surface area contributed by atoms with Crippen LogP contribution >= 0.6 is 0 Å². The van der Waals surface area contributed by atoms with E-state index in [0.717, 1.165) is 0 Å². The van der Waals surface area contributed by atoms with Gasteiger partial charge in [0.1, 0.15) is 0 Å². The van der Waals surface area contributed by atoms with Crippen LogP contribution in [-0.2, 0) is 0 Å². The van der Waals surface area contributed by atoms with Gasteiger partial charge in [0.05, 0.1) is 0 Å². The summed E-state index contributed by atoms with van der Waals surface area (Å²) >= 11 is 0. The third-order valence-electron chi connectivity index (χ3n) is 3.43. The van der Waals surface area contributed by atoms with E-state index in [1.165, 1.54) is 52.0 Å². The quantitative estimate of drug-likeness (QED) is 0.681. The molecule has 1 heterocycles. The molecule has 1 N–H and O–H groups in total. The van der Waals surface area contributed by atoms with Crippen molar-refractivity contribution in [3.63, 3.8) is 0 Å². The average molecular weight is 213 g/mol. The molecule has 3 heteroatoms. The van der Waals surface area contributed by atoms with Crippen LogP contribution in [0.2, 0.25) is 0 Å². The number of nitrogens with one attached hydrogen (secondary N) is 1. The van der Waals surface area contributed by atoms with Crippen LogP contribution in [0.3, 0.4) is 0 Å². The van der Waals surface area contributed by atoms with Gasteiger partial charge in [-0.05, 0) is 59.9 Å². The molecule has 0 saturated carbocycles. The lowest BCUT2D eigenvalue weighted by molar-refractivity contribution is 0.250. The van der Waals surface area contributed by atoms with E-state index < -0.39 is 0 Å². The minimum Gasteiger partial charge on any atom is -0.317 e. The van der Waals surface area contributed by atoms with Crippen LogP contribution in [0.5, 0.6) is 0 Å². The second-order valence-electron chi connectivity index (χ2n) is 4.83. The van der Waals surface area contributed by atoms with Gasteiger partial charge in [-0.15, -0.1) is 0 Å². The summed E-state index contributed by atoms with van der Waals surface area (Å²) in [6, 6.07) is 0.638. The summed E-state index contributed by atoms with van der Waals surface area (Å²) in [7, 11) is 4.27. The van der Waals surface area contributed by atoms with E-state index in [0.29, 0.717) is 6.04 Å². The van der Waals surface area contributed by atoms with Crippen LogP contribution in [0, 0.1) is 0 Å². The Kier molecular flexibility index (Phi) is 6.22. The first kappa shape index (κ1) is 12.9. The van der Waals surface area contributed by atoms with E-state index >= 15 is 0 Å². The van der Waals surface area contributed by atoms with Crippen molar-refractivity contribution in [3.8, 4) is 0 Å². The van der Waals surface area contributed by atoms with E-state index in [2.05, 4.69) is 29.1 Å². The maximum atomic E-state index is 3.28. The van der Waals surface area contributed by atoms with E-state index in [4.69, 9.17) is 0 Å². The lowest BCUT2D eigenvalue weighted by Crippen LogP contribution is -2.34. The maximum absolute atomic E-state index is 3.28. The Morgan fingerprint density at radius 1 is 1.27 bits per heavy atom. The van der Waals surface area contributed by atoms with Crippen molar-refractivity contribution in [1.29, 1.82) is 0 Å². The molecule has 1 rings (SSSR count). The van der Waals surface area contributed by atoms with Crippen molar-refractivity contribution in [1.82, 2.24) is 15.1 Å². The fourth-order valence-corrected chi connectivity index (χ4v) is 1.99. The average Bonchev–Trinajstić information content (AvgIpc) is 2.75. The molecule has 3 nitrogen and oxygen atoms in total. The van der Waals surface area contributed by atoms with Crippen LogP contribution in [0.4, 0.5) is 0 Å². The SMILES string of the molecule is CNC(C)CCN(C)CCN1CCCC1. The second kappa shape index (κ2) is 7.20. The summed E-state index contributed by atoms with van der Waals surface area (Å²) in [5.41, 5.74) is 0. The zero-order chi connectivity index (χ0) is 11.1. The molecule has 0 bridgehead atoms. The predicted octanol–water partition coefficient (Wildman–Crippen LogP) is 1.01. The van der Waals surface area contributed by atoms with E-state index in [-0.39, 0.29) is 0 Å². The number of likely N-dealkylation sites (tertiary alicyclic amines) is 1. The van der Waals surface area contributed by atoms with Gasteiger partial charge in [0.2, 0.25) is 0 Å². The van der Waals surface area contributed by atoms with Gasteiger partial charge in [0.25, 0.3) is 0 Å². The predicted molar refractivity (Wildman–Crippen MR) is 66.3 cm³/mol. The molecule has 0 radical (unpaired) electrons. The van der Waals surface area contributed by atoms with Gasteiger partial charge in [-0.2, -0.15) is 0 Å². The monoisotopic (exact) mass is 213 g/mol. The molecule has 1 aliphatic heterocycles. The molecule has 1 saturated heterocycles. The smallest absolute Gasteiger partial charge is 0.0109 e. The van der Waals surface area contributed by atoms with Crippen molar-refractivity contribution in [3.05, 3.63) is 0 Å². The van der Waals surface area contributed by atoms with Gasteiger partial charge in [-0.3, -0.25) is 0 Å². The Morgan fingerprint density at radius 2 is 1.93 bits per heavy atom. The molecule has 0 spiro atoms. The number of rotatable bonds is 7. The van der Waals surface area contributed by atoms with E-state index in [1.807, 2.05) is 7.05 Å². The van der Waals surface area contributed by atoms with Gasteiger partial charge < -0.3 is 15.1 Å². The van der Waals surface area contributed by atoms with Crippen molar-refractivity contribution in [2.24, 2.45) is 0 Å². The van der Waals surface area contributed by atoms with Crippen LogP contribution < -0.4 is 5.32 Å². The molecular weight excluding hydrogens is 186 g/mol. The van der Waals surface area contributed by atoms with E-state index in [1.54, 1.807) is 0 Å². The highest BCUT2D eigenvalue weighted by atomic mass is 15.2. The van der Waals surface area contributed by atoms with Gasteiger partial charge >= 0.3 is 0 Å². The Hall–Kier alpha value is -0.120. The summed E-state index contributed by atoms with van der Waals surface area (Å²) < 4.78 is 0. The highest BCUT2D eigenvalue weighted by Crippen LogP contribution is 2.06.